The van der Waals surface area contributed by atoms with Crippen molar-refractivity contribution in [3.8, 4) is 0 Å². The zero-order valence-electron chi connectivity index (χ0n) is 8.55. The molecule has 3 rings (SSSR count). The molecule has 0 saturated carbocycles. The van der Waals surface area contributed by atoms with Gasteiger partial charge in [-0.1, -0.05) is 15.9 Å². The molecule has 0 aromatic heterocycles. The fraction of sp³-hybridized carbons (Fsp3) is 0.500. The summed E-state index contributed by atoms with van der Waals surface area (Å²) in [4.78, 5) is 0. The Hall–Kier alpha value is -0.380. The lowest BCUT2D eigenvalue weighted by Crippen LogP contribution is -2.25. The van der Waals surface area contributed by atoms with E-state index >= 15 is 0 Å². The van der Waals surface area contributed by atoms with Gasteiger partial charge < -0.3 is 10.1 Å². The summed E-state index contributed by atoms with van der Waals surface area (Å²) in [7, 11) is 0. The lowest BCUT2D eigenvalue weighted by molar-refractivity contribution is 0.0441. The van der Waals surface area contributed by atoms with E-state index in [0.717, 1.165) is 32.5 Å². The predicted octanol–water partition coefficient (Wildman–Crippen LogP) is 2.21. The van der Waals surface area contributed by atoms with E-state index in [4.69, 9.17) is 4.74 Å². The second-order valence-electron chi connectivity index (χ2n) is 4.20. The first-order chi connectivity index (χ1) is 7.34. The van der Waals surface area contributed by atoms with Gasteiger partial charge >= 0.3 is 0 Å². The van der Waals surface area contributed by atoms with E-state index in [1.165, 1.54) is 21.2 Å². The molecule has 0 saturated heterocycles. The summed E-state index contributed by atoms with van der Waals surface area (Å²) < 4.78 is 7.03. The molecular formula is C12H14BrNO. The summed E-state index contributed by atoms with van der Waals surface area (Å²) in [5.41, 5.74) is 4.38. The molecule has 2 aliphatic rings. The second-order valence-corrected chi connectivity index (χ2v) is 5.12. The molecule has 3 heteroatoms. The summed E-state index contributed by atoms with van der Waals surface area (Å²) in [6.07, 6.45) is 2.44. The molecular weight excluding hydrogens is 254 g/mol. The molecule has 0 amide bonds. The molecule has 0 spiro atoms. The van der Waals surface area contributed by atoms with Gasteiger partial charge in [0.1, 0.15) is 0 Å². The third-order valence-corrected chi connectivity index (χ3v) is 3.69. The van der Waals surface area contributed by atoms with E-state index in [0.29, 0.717) is 0 Å². The summed E-state index contributed by atoms with van der Waals surface area (Å²) in [5, 5.41) is 3.44. The number of nitrogens with one attached hydrogen (secondary N) is 1. The van der Waals surface area contributed by atoms with E-state index in [-0.39, 0.29) is 6.10 Å². The Morgan fingerprint density at radius 1 is 1.27 bits per heavy atom. The molecule has 0 aliphatic carbocycles. The van der Waals surface area contributed by atoms with Crippen molar-refractivity contribution in [2.24, 2.45) is 0 Å². The van der Waals surface area contributed by atoms with Crippen LogP contribution in [0.15, 0.2) is 16.6 Å². The average molecular weight is 268 g/mol. The predicted molar refractivity (Wildman–Crippen MR) is 63.1 cm³/mol. The highest BCUT2D eigenvalue weighted by Crippen LogP contribution is 2.33. The van der Waals surface area contributed by atoms with E-state index in [1.807, 2.05) is 0 Å². The van der Waals surface area contributed by atoms with Gasteiger partial charge in [0.05, 0.1) is 12.7 Å². The van der Waals surface area contributed by atoms with Gasteiger partial charge in [-0.05, 0) is 48.2 Å². The number of ether oxygens (including phenoxy) is 1. The lowest BCUT2D eigenvalue weighted by atomic mass is 9.92. The van der Waals surface area contributed by atoms with Crippen molar-refractivity contribution >= 4 is 15.9 Å². The number of rotatable bonds is 0. The van der Waals surface area contributed by atoms with Gasteiger partial charge in [0, 0.05) is 11.0 Å². The van der Waals surface area contributed by atoms with Crippen LogP contribution in [-0.4, -0.2) is 19.7 Å². The first-order valence-corrected chi connectivity index (χ1v) is 6.27. The molecule has 1 unspecified atom stereocenters. The number of hydrogen-bond donors (Lipinski definition) is 1. The molecule has 15 heavy (non-hydrogen) atoms. The van der Waals surface area contributed by atoms with E-state index in [9.17, 15) is 0 Å². The normalized spacial score (nSPS) is 24.5. The van der Waals surface area contributed by atoms with Crippen molar-refractivity contribution in [1.29, 1.82) is 0 Å². The first kappa shape index (κ1) is 9.82. The molecule has 80 valence electrons. The largest absolute Gasteiger partial charge is 0.372 e. The Kier molecular flexibility index (Phi) is 2.54. The smallest absolute Gasteiger partial charge is 0.0954 e. The van der Waals surface area contributed by atoms with Gasteiger partial charge in [-0.15, -0.1) is 0 Å². The maximum atomic E-state index is 5.83. The second kappa shape index (κ2) is 3.89. The van der Waals surface area contributed by atoms with Gasteiger partial charge in [-0.25, -0.2) is 0 Å². The molecule has 1 aromatic rings. The maximum Gasteiger partial charge on any atom is 0.0954 e. The molecule has 0 fully saturated rings. The molecule has 0 bridgehead atoms. The summed E-state index contributed by atoms with van der Waals surface area (Å²) in [5.74, 6) is 0. The van der Waals surface area contributed by atoms with Crippen LogP contribution in [0, 0.1) is 0 Å². The Balaban J connectivity index is 2.16. The molecule has 1 N–H and O–H groups in total. The fourth-order valence-electron chi connectivity index (χ4n) is 2.58. The zero-order chi connectivity index (χ0) is 10.3. The van der Waals surface area contributed by atoms with Crippen LogP contribution in [0.2, 0.25) is 0 Å². The highest BCUT2D eigenvalue weighted by atomic mass is 79.9. The van der Waals surface area contributed by atoms with Gasteiger partial charge in [-0.2, -0.15) is 0 Å². The Morgan fingerprint density at radius 3 is 2.93 bits per heavy atom. The molecule has 2 heterocycles. The molecule has 2 nitrogen and oxygen atoms in total. The Bertz CT molecular complexity index is 391. The number of hydrogen-bond acceptors (Lipinski definition) is 2. The molecule has 1 aromatic carbocycles. The SMILES string of the molecule is Brc1cc2c3c(c1)CCOC3CNCC2. The van der Waals surface area contributed by atoms with E-state index in [2.05, 4.69) is 33.4 Å². The monoisotopic (exact) mass is 267 g/mol. The van der Waals surface area contributed by atoms with Crippen LogP contribution < -0.4 is 5.32 Å². The topological polar surface area (TPSA) is 21.3 Å². The van der Waals surface area contributed by atoms with Crippen LogP contribution in [0.1, 0.15) is 22.8 Å². The summed E-state index contributed by atoms with van der Waals surface area (Å²) in [6, 6.07) is 4.49. The minimum absolute atomic E-state index is 0.277. The van der Waals surface area contributed by atoms with E-state index < -0.39 is 0 Å². The quantitative estimate of drug-likeness (QED) is 0.779. The molecule has 1 atom stereocenters. The zero-order valence-corrected chi connectivity index (χ0v) is 10.1. The van der Waals surface area contributed by atoms with Crippen LogP contribution in [0.3, 0.4) is 0 Å². The standard InChI is InChI=1S/C12H14BrNO/c13-10-5-8-1-3-14-7-11-12(8)9(6-10)2-4-15-11/h5-6,11,14H,1-4,7H2. The lowest BCUT2D eigenvalue weighted by Gasteiger charge is -2.27. The third kappa shape index (κ3) is 1.73. The maximum absolute atomic E-state index is 5.83. The van der Waals surface area contributed by atoms with Crippen LogP contribution in [0.5, 0.6) is 0 Å². The Labute approximate surface area is 98.1 Å². The van der Waals surface area contributed by atoms with Crippen molar-refractivity contribution in [1.82, 2.24) is 5.32 Å². The van der Waals surface area contributed by atoms with Crippen molar-refractivity contribution in [2.75, 3.05) is 19.7 Å². The minimum atomic E-state index is 0.277. The van der Waals surface area contributed by atoms with Gasteiger partial charge in [0.2, 0.25) is 0 Å². The third-order valence-electron chi connectivity index (χ3n) is 3.23. The number of halogens is 1. The van der Waals surface area contributed by atoms with Gasteiger partial charge in [0.25, 0.3) is 0 Å². The van der Waals surface area contributed by atoms with Crippen LogP contribution >= 0.6 is 15.9 Å². The summed E-state index contributed by atoms with van der Waals surface area (Å²) in [6.45, 7) is 2.87. The Morgan fingerprint density at radius 2 is 2.07 bits per heavy atom. The van der Waals surface area contributed by atoms with Crippen molar-refractivity contribution in [3.05, 3.63) is 33.3 Å². The van der Waals surface area contributed by atoms with Crippen LogP contribution in [-0.2, 0) is 17.6 Å². The van der Waals surface area contributed by atoms with Crippen molar-refractivity contribution < 1.29 is 4.74 Å². The number of benzene rings is 1. The summed E-state index contributed by atoms with van der Waals surface area (Å²) >= 11 is 3.59. The highest BCUT2D eigenvalue weighted by Gasteiger charge is 2.25. The van der Waals surface area contributed by atoms with Gasteiger partial charge in [-0.3, -0.25) is 0 Å². The van der Waals surface area contributed by atoms with Gasteiger partial charge in [0.15, 0.2) is 0 Å². The highest BCUT2D eigenvalue weighted by molar-refractivity contribution is 9.10. The van der Waals surface area contributed by atoms with Crippen LogP contribution in [0.25, 0.3) is 0 Å². The van der Waals surface area contributed by atoms with Crippen molar-refractivity contribution in [2.45, 2.75) is 18.9 Å². The van der Waals surface area contributed by atoms with Crippen LogP contribution in [0.4, 0.5) is 0 Å². The van der Waals surface area contributed by atoms with Crippen molar-refractivity contribution in [3.63, 3.8) is 0 Å². The first-order valence-electron chi connectivity index (χ1n) is 5.48. The van der Waals surface area contributed by atoms with E-state index in [1.54, 1.807) is 0 Å². The molecule has 2 aliphatic heterocycles. The molecule has 0 radical (unpaired) electrons. The fourth-order valence-corrected chi connectivity index (χ4v) is 3.13. The average Bonchev–Trinajstić information content (AvgIpc) is 2.42. The minimum Gasteiger partial charge on any atom is -0.372 e.